The summed E-state index contributed by atoms with van der Waals surface area (Å²) in [5.74, 6) is 0.403. The lowest BCUT2D eigenvalue weighted by molar-refractivity contribution is -0.128. The molecule has 2 aromatic carbocycles. The third kappa shape index (κ3) is 3.84. The van der Waals surface area contributed by atoms with E-state index in [2.05, 4.69) is 5.92 Å². The summed E-state index contributed by atoms with van der Waals surface area (Å²) < 4.78 is 26.1. The maximum Gasteiger partial charge on any atom is 0.411 e. The zero-order valence-corrected chi connectivity index (χ0v) is 17.8. The standard InChI is InChI=1S/C24H22FN3O5/c1-2-10-27-19-12-17(18(25)13-20(19)32-15-21(27)29)24(22(26)30)9-6-11-28(24)23(31)33-14-16-7-4-3-5-8-16/h1,3-5,7-8,12-13H,6,9-11,14-15H2,(H2,26,30). The number of terminal acetylenes is 1. The molecule has 0 bridgehead atoms. The van der Waals surface area contributed by atoms with E-state index >= 15 is 4.39 Å². The Morgan fingerprint density at radius 1 is 1.27 bits per heavy atom. The number of ether oxygens (including phenoxy) is 2. The Labute approximate surface area is 190 Å². The quantitative estimate of drug-likeness (QED) is 0.703. The van der Waals surface area contributed by atoms with E-state index in [9.17, 15) is 14.4 Å². The molecule has 1 fully saturated rings. The van der Waals surface area contributed by atoms with Crippen LogP contribution in [0.4, 0.5) is 14.9 Å². The van der Waals surface area contributed by atoms with Crippen LogP contribution in [0.25, 0.3) is 0 Å². The van der Waals surface area contributed by atoms with Crippen LogP contribution in [-0.4, -0.2) is 42.5 Å². The Morgan fingerprint density at radius 2 is 2.03 bits per heavy atom. The summed E-state index contributed by atoms with van der Waals surface area (Å²) in [6.07, 6.45) is 5.10. The SMILES string of the molecule is C#CCN1C(=O)COc2cc(F)c(C3(C(N)=O)CCCN3C(=O)OCc3ccccc3)cc21. The lowest BCUT2D eigenvalue weighted by atomic mass is 9.85. The van der Waals surface area contributed by atoms with Crippen molar-refractivity contribution in [3.63, 3.8) is 0 Å². The second kappa shape index (κ2) is 8.82. The highest BCUT2D eigenvalue weighted by molar-refractivity contribution is 5.99. The van der Waals surface area contributed by atoms with Crippen molar-refractivity contribution in [2.24, 2.45) is 5.73 Å². The van der Waals surface area contributed by atoms with E-state index in [1.807, 2.05) is 6.07 Å². The van der Waals surface area contributed by atoms with Gasteiger partial charge in [-0.25, -0.2) is 9.18 Å². The summed E-state index contributed by atoms with van der Waals surface area (Å²) in [5.41, 5.74) is 4.82. The maximum atomic E-state index is 15.3. The van der Waals surface area contributed by atoms with Crippen LogP contribution in [0.1, 0.15) is 24.0 Å². The van der Waals surface area contributed by atoms with Gasteiger partial charge in [0.25, 0.3) is 5.91 Å². The minimum absolute atomic E-state index is 0.0179. The minimum Gasteiger partial charge on any atom is -0.481 e. The Bertz CT molecular complexity index is 1150. The first-order chi connectivity index (χ1) is 15.9. The molecular formula is C24H22FN3O5. The second-order valence-electron chi connectivity index (χ2n) is 7.79. The van der Waals surface area contributed by atoms with Crippen molar-refractivity contribution in [2.45, 2.75) is 25.0 Å². The minimum atomic E-state index is -1.78. The van der Waals surface area contributed by atoms with E-state index in [0.29, 0.717) is 6.42 Å². The van der Waals surface area contributed by atoms with E-state index in [4.69, 9.17) is 21.6 Å². The number of primary amides is 1. The third-order valence-corrected chi connectivity index (χ3v) is 5.90. The van der Waals surface area contributed by atoms with Gasteiger partial charge in [0.05, 0.1) is 12.2 Å². The van der Waals surface area contributed by atoms with Crippen molar-refractivity contribution in [2.75, 3.05) is 24.6 Å². The first-order valence-electron chi connectivity index (χ1n) is 10.4. The van der Waals surface area contributed by atoms with Crippen molar-refractivity contribution in [1.82, 2.24) is 4.90 Å². The number of anilines is 1. The fraction of sp³-hybridized carbons (Fsp3) is 0.292. The van der Waals surface area contributed by atoms with Crippen LogP contribution in [0.3, 0.4) is 0 Å². The average Bonchev–Trinajstić information content (AvgIpc) is 3.26. The molecule has 2 aliphatic heterocycles. The Balaban J connectivity index is 1.72. The van der Waals surface area contributed by atoms with E-state index < -0.39 is 29.3 Å². The van der Waals surface area contributed by atoms with Crippen LogP contribution >= 0.6 is 0 Å². The molecule has 1 saturated heterocycles. The number of benzene rings is 2. The van der Waals surface area contributed by atoms with Gasteiger partial charge in [0.15, 0.2) is 12.1 Å². The van der Waals surface area contributed by atoms with Gasteiger partial charge in [-0.05, 0) is 24.5 Å². The predicted octanol–water partition coefficient (Wildman–Crippen LogP) is 2.30. The van der Waals surface area contributed by atoms with Crippen molar-refractivity contribution in [1.29, 1.82) is 0 Å². The van der Waals surface area contributed by atoms with Gasteiger partial charge >= 0.3 is 6.09 Å². The summed E-state index contributed by atoms with van der Waals surface area (Å²) in [5, 5.41) is 0. The van der Waals surface area contributed by atoms with Gasteiger partial charge in [-0.3, -0.25) is 19.4 Å². The van der Waals surface area contributed by atoms with Crippen molar-refractivity contribution in [3.05, 3.63) is 59.4 Å². The highest BCUT2D eigenvalue weighted by Crippen LogP contribution is 2.44. The van der Waals surface area contributed by atoms with Crippen LogP contribution in [0.5, 0.6) is 5.75 Å². The van der Waals surface area contributed by atoms with Gasteiger partial charge in [-0.1, -0.05) is 36.3 Å². The number of rotatable bonds is 5. The third-order valence-electron chi connectivity index (χ3n) is 5.90. The van der Waals surface area contributed by atoms with E-state index in [1.165, 1.54) is 11.0 Å². The molecule has 2 N–H and O–H groups in total. The summed E-state index contributed by atoms with van der Waals surface area (Å²) >= 11 is 0. The Kier molecular flexibility index (Phi) is 5.92. The summed E-state index contributed by atoms with van der Waals surface area (Å²) in [6, 6.07) is 11.4. The predicted molar refractivity (Wildman–Crippen MR) is 117 cm³/mol. The van der Waals surface area contributed by atoms with Crippen LogP contribution in [0.2, 0.25) is 0 Å². The smallest absolute Gasteiger partial charge is 0.411 e. The molecule has 0 aromatic heterocycles. The molecule has 0 spiro atoms. The van der Waals surface area contributed by atoms with E-state index in [-0.39, 0.29) is 49.7 Å². The summed E-state index contributed by atoms with van der Waals surface area (Å²) in [4.78, 5) is 40.5. The van der Waals surface area contributed by atoms with Crippen LogP contribution in [-0.2, 0) is 26.5 Å². The van der Waals surface area contributed by atoms with Crippen LogP contribution < -0.4 is 15.4 Å². The molecule has 2 aliphatic rings. The highest BCUT2D eigenvalue weighted by atomic mass is 19.1. The molecule has 0 radical (unpaired) electrons. The molecular weight excluding hydrogens is 429 g/mol. The molecule has 2 heterocycles. The van der Waals surface area contributed by atoms with E-state index in [1.54, 1.807) is 24.3 Å². The van der Waals surface area contributed by atoms with Crippen LogP contribution in [0, 0.1) is 18.2 Å². The molecule has 170 valence electrons. The number of nitrogens with two attached hydrogens (primary N) is 1. The number of hydrogen-bond donors (Lipinski definition) is 1. The van der Waals surface area contributed by atoms with Gasteiger partial charge in [-0.15, -0.1) is 6.42 Å². The molecule has 0 aliphatic carbocycles. The summed E-state index contributed by atoms with van der Waals surface area (Å²) in [6.45, 7) is -0.217. The molecule has 9 heteroatoms. The van der Waals surface area contributed by atoms with Crippen molar-refractivity contribution in [3.8, 4) is 18.1 Å². The fourth-order valence-electron chi connectivity index (χ4n) is 4.34. The number of nitrogens with zero attached hydrogens (tertiary/aromatic N) is 2. The highest BCUT2D eigenvalue weighted by Gasteiger charge is 2.52. The normalized spacial score (nSPS) is 19.5. The number of carbonyl (C=O) groups excluding carboxylic acids is 3. The Hall–Kier alpha value is -4.06. The maximum absolute atomic E-state index is 15.3. The number of amides is 3. The molecule has 3 amide bonds. The molecule has 33 heavy (non-hydrogen) atoms. The molecule has 1 unspecified atom stereocenters. The zero-order chi connectivity index (χ0) is 23.6. The van der Waals surface area contributed by atoms with Crippen LogP contribution in [0.15, 0.2) is 42.5 Å². The van der Waals surface area contributed by atoms with Gasteiger partial charge in [-0.2, -0.15) is 0 Å². The van der Waals surface area contributed by atoms with Gasteiger partial charge in [0.2, 0.25) is 5.91 Å². The summed E-state index contributed by atoms with van der Waals surface area (Å²) in [7, 11) is 0. The lowest BCUT2D eigenvalue weighted by Gasteiger charge is -2.37. The monoisotopic (exact) mass is 451 g/mol. The zero-order valence-electron chi connectivity index (χ0n) is 17.8. The largest absolute Gasteiger partial charge is 0.481 e. The van der Waals surface area contributed by atoms with Gasteiger partial charge in [0, 0.05) is 18.2 Å². The number of likely N-dealkylation sites (tertiary alicyclic amines) is 1. The lowest BCUT2D eigenvalue weighted by Crippen LogP contribution is -2.54. The number of hydrogen-bond acceptors (Lipinski definition) is 5. The molecule has 0 saturated carbocycles. The molecule has 1 atom stereocenters. The number of halogens is 1. The molecule has 4 rings (SSSR count). The molecule has 8 nitrogen and oxygen atoms in total. The topological polar surface area (TPSA) is 102 Å². The second-order valence-corrected chi connectivity index (χ2v) is 7.79. The Morgan fingerprint density at radius 3 is 2.73 bits per heavy atom. The fourth-order valence-corrected chi connectivity index (χ4v) is 4.34. The first-order valence-corrected chi connectivity index (χ1v) is 10.4. The van der Waals surface area contributed by atoms with E-state index in [0.717, 1.165) is 16.5 Å². The number of carbonyl (C=O) groups is 3. The van der Waals surface area contributed by atoms with Crippen molar-refractivity contribution >= 4 is 23.6 Å². The molecule has 2 aromatic rings. The van der Waals surface area contributed by atoms with Gasteiger partial charge in [0.1, 0.15) is 18.2 Å². The first kappa shape index (κ1) is 22.1. The van der Waals surface area contributed by atoms with Crippen molar-refractivity contribution < 1.29 is 28.2 Å². The van der Waals surface area contributed by atoms with Gasteiger partial charge < -0.3 is 15.2 Å². The average molecular weight is 451 g/mol. The number of fused-ring (bicyclic) bond motifs is 1.